The minimum absolute atomic E-state index is 0.0183. The Kier molecular flexibility index (Phi) is 23.5. The van der Waals surface area contributed by atoms with E-state index in [0.29, 0.717) is 0 Å². The van der Waals surface area contributed by atoms with Crippen LogP contribution in [-0.2, 0) is 28.5 Å². The highest BCUT2D eigenvalue weighted by Gasteiger charge is 2.46. The van der Waals surface area contributed by atoms with Gasteiger partial charge in [0.25, 0.3) is 0 Å². The number of cyclic esters (lactones) is 1. The average molecular weight is 906 g/mol. The number of nitrogens with two attached hydrogens (primary N) is 1. The van der Waals surface area contributed by atoms with Crippen molar-refractivity contribution in [3.8, 4) is 0 Å². The number of carbonyl (C=O) groups is 2. The van der Waals surface area contributed by atoms with E-state index in [2.05, 4.69) is 0 Å². The summed E-state index contributed by atoms with van der Waals surface area (Å²) in [6, 6.07) is -0.659. The molecule has 0 aromatic carbocycles. The van der Waals surface area contributed by atoms with Gasteiger partial charge >= 0.3 is 11.9 Å². The lowest BCUT2D eigenvalue weighted by molar-refractivity contribution is -0.292. The summed E-state index contributed by atoms with van der Waals surface area (Å²) in [7, 11) is 0. The molecule has 0 saturated carbocycles. The van der Waals surface area contributed by atoms with Crippen LogP contribution in [0.25, 0.3) is 0 Å². The number of hydrogen-bond acceptors (Lipinski definition) is 15. The zero-order valence-corrected chi connectivity index (χ0v) is 37.8. The summed E-state index contributed by atoms with van der Waals surface area (Å²) in [5.41, 5.74) is 6.28. The molecule has 0 amide bonds. The Balaban J connectivity index is 1.83. The monoisotopic (exact) mass is 906 g/mol. The summed E-state index contributed by atoms with van der Waals surface area (Å²) in [6.07, 6.45) is 10.2. The molecule has 0 spiro atoms. The number of allylic oxidation sites excluding steroid dienone is 12. The van der Waals surface area contributed by atoms with Gasteiger partial charge in [-0.3, -0.25) is 9.59 Å². The van der Waals surface area contributed by atoms with Crippen molar-refractivity contribution in [3.63, 3.8) is 0 Å². The summed E-state index contributed by atoms with van der Waals surface area (Å²) < 4.78 is 23.7. The lowest BCUT2D eigenvalue weighted by Gasteiger charge is -2.44. The van der Waals surface area contributed by atoms with Gasteiger partial charge in [-0.2, -0.15) is 0 Å². The van der Waals surface area contributed by atoms with Crippen molar-refractivity contribution in [2.75, 3.05) is 0 Å². The molecule has 0 aliphatic carbocycles. The van der Waals surface area contributed by atoms with Crippen molar-refractivity contribution < 1.29 is 74.5 Å². The molecule has 3 aliphatic rings. The third-order valence-electron chi connectivity index (χ3n) is 12.5. The predicted molar refractivity (Wildman–Crippen MR) is 239 cm³/mol. The van der Waals surface area contributed by atoms with Crippen LogP contribution in [0.4, 0.5) is 0 Å². The van der Waals surface area contributed by atoms with Gasteiger partial charge in [-0.1, -0.05) is 106 Å². The molecule has 18 atom stereocenters. The summed E-state index contributed by atoms with van der Waals surface area (Å²) in [6.45, 7) is 8.93. The molecule has 2 fully saturated rings. The number of esters is 1. The van der Waals surface area contributed by atoms with Gasteiger partial charge in [-0.15, -0.1) is 0 Å². The van der Waals surface area contributed by atoms with Gasteiger partial charge in [-0.25, -0.2) is 0 Å². The third kappa shape index (κ3) is 18.5. The number of aliphatic hydroxyl groups excluding tert-OH is 7. The van der Waals surface area contributed by atoms with E-state index in [0.717, 1.165) is 0 Å². The normalized spacial score (nSPS) is 44.8. The molecule has 2 bridgehead atoms. The van der Waals surface area contributed by atoms with Crippen molar-refractivity contribution in [2.24, 2.45) is 29.4 Å². The summed E-state index contributed by atoms with van der Waals surface area (Å²) in [5.74, 6) is -5.83. The number of ether oxygens (including phenoxy) is 4. The lowest BCUT2D eigenvalue weighted by Crippen LogP contribution is -2.58. The van der Waals surface area contributed by atoms with Gasteiger partial charge in [0.1, 0.15) is 12.2 Å². The molecule has 10 unspecified atom stereocenters. The van der Waals surface area contributed by atoms with Gasteiger partial charge in [-0.05, 0) is 45.4 Å². The summed E-state index contributed by atoms with van der Waals surface area (Å²) in [4.78, 5) is 25.1. The first-order valence-corrected chi connectivity index (χ1v) is 22.5. The number of carboxylic acids is 1. The molecular formula is C48H75NO15. The first-order chi connectivity index (χ1) is 30.2. The Morgan fingerprint density at radius 2 is 1.27 bits per heavy atom. The molecule has 2 saturated heterocycles. The topological polar surface area (TPSA) is 279 Å². The number of hydrogen-bond donors (Lipinski definition) is 10. The van der Waals surface area contributed by atoms with E-state index >= 15 is 0 Å². The molecule has 0 aromatic rings. The number of fused-ring (bicyclic) bond motifs is 2. The van der Waals surface area contributed by atoms with E-state index < -0.39 is 122 Å². The van der Waals surface area contributed by atoms with E-state index in [1.165, 1.54) is 0 Å². The fraction of sp³-hybridized carbons (Fsp3) is 0.667. The van der Waals surface area contributed by atoms with Crippen LogP contribution in [0, 0.1) is 23.7 Å². The van der Waals surface area contributed by atoms with Crippen LogP contribution in [0.1, 0.15) is 92.4 Å². The second-order valence-electron chi connectivity index (χ2n) is 17.8. The van der Waals surface area contributed by atoms with Gasteiger partial charge in [0.15, 0.2) is 12.1 Å². The highest BCUT2D eigenvalue weighted by atomic mass is 16.7. The predicted octanol–water partition coefficient (Wildman–Crippen LogP) is 3.02. The van der Waals surface area contributed by atoms with E-state index in [1.54, 1.807) is 44.2 Å². The molecule has 362 valence electrons. The van der Waals surface area contributed by atoms with Crippen molar-refractivity contribution in [1.29, 1.82) is 0 Å². The smallest absolute Gasteiger partial charge is 0.309 e. The molecule has 3 rings (SSSR count). The molecule has 3 aliphatic heterocycles. The fourth-order valence-electron chi connectivity index (χ4n) is 8.00. The van der Waals surface area contributed by atoms with E-state index in [4.69, 9.17) is 24.7 Å². The number of carboxylic acid groups (broad SMARTS) is 1. The summed E-state index contributed by atoms with van der Waals surface area (Å²) in [5, 5.41) is 97.0. The molecule has 11 N–H and O–H groups in total. The minimum atomic E-state index is -2.01. The van der Waals surface area contributed by atoms with Crippen LogP contribution < -0.4 is 5.73 Å². The van der Waals surface area contributed by atoms with Gasteiger partial charge in [0.05, 0.1) is 67.3 Å². The molecule has 0 aromatic heterocycles. The van der Waals surface area contributed by atoms with Gasteiger partial charge < -0.3 is 70.6 Å². The van der Waals surface area contributed by atoms with Crippen LogP contribution in [0.3, 0.4) is 0 Å². The average Bonchev–Trinajstić information content (AvgIpc) is 3.22. The maximum atomic E-state index is 12.6. The molecular weight excluding hydrogens is 831 g/mol. The van der Waals surface area contributed by atoms with Crippen LogP contribution >= 0.6 is 0 Å². The minimum Gasteiger partial charge on any atom is -0.481 e. The quantitative estimate of drug-likeness (QED) is 0.182. The number of carbonyl (C=O) groups excluding carboxylic acids is 1. The number of aliphatic carboxylic acids is 1. The number of rotatable bonds is 3. The van der Waals surface area contributed by atoms with Gasteiger partial charge in [0.2, 0.25) is 0 Å². The van der Waals surface area contributed by atoms with Crippen molar-refractivity contribution >= 4 is 11.9 Å². The van der Waals surface area contributed by atoms with Crippen molar-refractivity contribution in [2.45, 2.75) is 178 Å². The second kappa shape index (κ2) is 27.3. The molecule has 3 heterocycles. The van der Waals surface area contributed by atoms with Crippen LogP contribution in [0.15, 0.2) is 85.1 Å². The van der Waals surface area contributed by atoms with E-state index in [9.17, 15) is 55.5 Å². The van der Waals surface area contributed by atoms with Crippen LogP contribution in [0.5, 0.6) is 0 Å². The van der Waals surface area contributed by atoms with E-state index in [-0.39, 0.29) is 56.5 Å². The standard InChI is InChI=1S/C48H75NO15/c1-29-18-16-14-12-10-8-6-7-9-11-13-15-17-19-37(63-47-45(57)43(49)30(2)32(4)62-47)27-41-38(46(58)59)22-23-48(60,64-41)28-36(52)25-40(54)39(53)21-20-34(50)24-35(51)26-42(55)61-33(5)31(3)44(29)56/h6-19,29-41,43-45,47,50-54,56-57,60H,20-28,49H2,1-5H3,(H,58,59)/b7-6+,10-8+,11-9+,14-12+,15-13+,18-16+,19-17+/t29-,30?,31-,32?,33-,34?,35?,36?,37-,38+,39+,40?,41?,43?,44+,45?,47?,48-/m0/s1. The summed E-state index contributed by atoms with van der Waals surface area (Å²) >= 11 is 0. The van der Waals surface area contributed by atoms with E-state index in [1.807, 2.05) is 75.5 Å². The fourth-order valence-corrected chi connectivity index (χ4v) is 8.00. The Labute approximate surface area is 377 Å². The molecule has 16 nitrogen and oxygen atoms in total. The SMILES string of the molecule is CC1OC(O[C@H]2/C=C/C=C/C=C/C=C/C=C/C=C/C=C/[C@H](C)[C@@H](O)[C@@H](C)[C@H](C)OC(=O)CC(O)CC(O)CC[C@@H](O)C(O)CC(O)C[C@]3(O)CC[C@@H](C(=O)O)C(C2)O3)C(O)C(N)C1C. The largest absolute Gasteiger partial charge is 0.481 e. The second-order valence-corrected chi connectivity index (χ2v) is 17.8. The first-order valence-electron chi connectivity index (χ1n) is 22.5. The third-order valence-corrected chi connectivity index (χ3v) is 12.5. The molecule has 0 radical (unpaired) electrons. The Morgan fingerprint density at radius 3 is 1.86 bits per heavy atom. The maximum Gasteiger partial charge on any atom is 0.309 e. The Hall–Kier alpha value is -3.36. The number of aliphatic hydroxyl groups is 8. The highest BCUT2D eigenvalue weighted by Crippen LogP contribution is 2.38. The maximum absolute atomic E-state index is 12.6. The Bertz CT molecular complexity index is 1630. The van der Waals surface area contributed by atoms with Crippen LogP contribution in [-0.4, -0.2) is 143 Å². The Morgan fingerprint density at radius 1 is 0.688 bits per heavy atom. The zero-order chi connectivity index (χ0) is 47.6. The molecule has 64 heavy (non-hydrogen) atoms. The molecule has 16 heteroatoms. The van der Waals surface area contributed by atoms with Crippen molar-refractivity contribution in [3.05, 3.63) is 85.1 Å². The van der Waals surface area contributed by atoms with Crippen LogP contribution in [0.2, 0.25) is 0 Å². The zero-order valence-electron chi connectivity index (χ0n) is 37.8. The highest BCUT2D eigenvalue weighted by molar-refractivity contribution is 5.71. The van der Waals surface area contributed by atoms with Gasteiger partial charge in [0, 0.05) is 43.6 Å². The lowest BCUT2D eigenvalue weighted by atomic mass is 9.85. The van der Waals surface area contributed by atoms with Crippen molar-refractivity contribution in [1.82, 2.24) is 0 Å². The first kappa shape index (κ1) is 55.0.